The topological polar surface area (TPSA) is 56.0 Å². The molecule has 1 aromatic heterocycles. The Hall–Kier alpha value is -0.650. The van der Waals surface area contributed by atoms with E-state index in [2.05, 4.69) is 4.98 Å². The smallest absolute Gasteiger partial charge is 0.267 e. The van der Waals surface area contributed by atoms with Gasteiger partial charge in [-0.05, 0) is 34.7 Å². The first-order valence-electron chi connectivity index (χ1n) is 2.62. The quantitative estimate of drug-likeness (QED) is 0.589. The van der Waals surface area contributed by atoms with Crippen LogP contribution in [0.25, 0.3) is 0 Å². The fraction of sp³-hybridized carbons (Fsp3) is 0. The van der Waals surface area contributed by atoms with Crippen molar-refractivity contribution in [3.8, 4) is 0 Å². The van der Waals surface area contributed by atoms with Gasteiger partial charge in [-0.3, -0.25) is 4.79 Å². The van der Waals surface area contributed by atoms with E-state index < -0.39 is 5.91 Å². The number of nitrogens with two attached hydrogens (primary N) is 1. The van der Waals surface area contributed by atoms with Crippen molar-refractivity contribution in [2.24, 2.45) is 5.73 Å². The minimum absolute atomic E-state index is 0.312. The molecule has 4 heteroatoms. The second kappa shape index (κ2) is 2.96. The van der Waals surface area contributed by atoms with Crippen LogP contribution in [0.5, 0.6) is 0 Å². The van der Waals surface area contributed by atoms with Crippen LogP contribution in [0, 0.1) is 3.70 Å². The van der Waals surface area contributed by atoms with Gasteiger partial charge >= 0.3 is 0 Å². The number of primary amides is 1. The summed E-state index contributed by atoms with van der Waals surface area (Å²) >= 11 is 2.02. The Balaban J connectivity index is 3.07. The number of halogens is 1. The molecule has 0 aliphatic rings. The summed E-state index contributed by atoms with van der Waals surface area (Å²) in [5, 5.41) is 0. The fourth-order valence-corrected chi connectivity index (χ4v) is 1.01. The third-order valence-electron chi connectivity index (χ3n) is 0.968. The van der Waals surface area contributed by atoms with Crippen molar-refractivity contribution in [2.45, 2.75) is 0 Å². The SMILES string of the molecule is NC(=O)c1cccc(I)n1. The van der Waals surface area contributed by atoms with E-state index in [0.717, 1.165) is 3.70 Å². The average Bonchev–Trinajstić information content (AvgIpc) is 1.88. The van der Waals surface area contributed by atoms with Crippen LogP contribution in [0.15, 0.2) is 18.2 Å². The van der Waals surface area contributed by atoms with Crippen molar-refractivity contribution in [2.75, 3.05) is 0 Å². The lowest BCUT2D eigenvalue weighted by molar-refractivity contribution is 0.0995. The lowest BCUT2D eigenvalue weighted by Crippen LogP contribution is -2.13. The van der Waals surface area contributed by atoms with Gasteiger partial charge in [-0.2, -0.15) is 0 Å². The van der Waals surface area contributed by atoms with Crippen molar-refractivity contribution in [1.29, 1.82) is 0 Å². The second-order valence-corrected chi connectivity index (χ2v) is 2.82. The zero-order valence-corrected chi connectivity index (χ0v) is 7.20. The highest BCUT2D eigenvalue weighted by atomic mass is 127. The molecule has 0 unspecified atom stereocenters. The Bertz CT molecular complexity index is 262. The summed E-state index contributed by atoms with van der Waals surface area (Å²) in [6.07, 6.45) is 0. The molecule has 1 amide bonds. The third-order valence-corrected chi connectivity index (χ3v) is 1.57. The van der Waals surface area contributed by atoms with Gasteiger partial charge < -0.3 is 5.73 Å². The van der Waals surface area contributed by atoms with Gasteiger partial charge in [0.05, 0.1) is 0 Å². The van der Waals surface area contributed by atoms with Crippen LogP contribution in [-0.4, -0.2) is 10.9 Å². The van der Waals surface area contributed by atoms with Crippen LogP contribution in [0.4, 0.5) is 0 Å². The van der Waals surface area contributed by atoms with E-state index in [1.807, 2.05) is 22.6 Å². The molecule has 1 aromatic rings. The molecule has 0 bridgehead atoms. The first-order chi connectivity index (χ1) is 4.70. The first-order valence-corrected chi connectivity index (χ1v) is 3.70. The first kappa shape index (κ1) is 7.46. The highest BCUT2D eigenvalue weighted by Crippen LogP contribution is 2.00. The van der Waals surface area contributed by atoms with E-state index in [1.54, 1.807) is 18.2 Å². The molecule has 2 N–H and O–H groups in total. The number of carbonyl (C=O) groups excluding carboxylic acids is 1. The number of rotatable bonds is 1. The normalized spacial score (nSPS) is 9.30. The van der Waals surface area contributed by atoms with Crippen molar-refractivity contribution < 1.29 is 4.79 Å². The van der Waals surface area contributed by atoms with Gasteiger partial charge in [0, 0.05) is 0 Å². The lowest BCUT2D eigenvalue weighted by Gasteiger charge is -1.92. The molecule has 0 saturated heterocycles. The van der Waals surface area contributed by atoms with E-state index in [0.29, 0.717) is 5.69 Å². The molecule has 0 saturated carbocycles. The molecule has 1 rings (SSSR count). The Labute approximate surface area is 71.8 Å². The monoisotopic (exact) mass is 248 g/mol. The van der Waals surface area contributed by atoms with E-state index >= 15 is 0 Å². The van der Waals surface area contributed by atoms with Crippen LogP contribution in [0.1, 0.15) is 10.5 Å². The van der Waals surface area contributed by atoms with E-state index in [4.69, 9.17) is 5.73 Å². The summed E-state index contributed by atoms with van der Waals surface area (Å²) in [6.45, 7) is 0. The van der Waals surface area contributed by atoms with Crippen molar-refractivity contribution in [3.05, 3.63) is 27.6 Å². The van der Waals surface area contributed by atoms with Crippen molar-refractivity contribution in [3.63, 3.8) is 0 Å². The Morgan fingerprint density at radius 3 is 2.70 bits per heavy atom. The molecular formula is C6H5IN2O. The van der Waals surface area contributed by atoms with Crippen molar-refractivity contribution in [1.82, 2.24) is 4.98 Å². The minimum Gasteiger partial charge on any atom is -0.364 e. The molecule has 10 heavy (non-hydrogen) atoms. The maximum Gasteiger partial charge on any atom is 0.267 e. The summed E-state index contributed by atoms with van der Waals surface area (Å²) < 4.78 is 0.772. The maximum atomic E-state index is 10.5. The molecule has 1 heterocycles. The second-order valence-electron chi connectivity index (χ2n) is 1.71. The minimum atomic E-state index is -0.487. The number of carbonyl (C=O) groups is 1. The number of hydrogen-bond donors (Lipinski definition) is 1. The molecule has 0 aliphatic heterocycles. The number of aromatic nitrogens is 1. The summed E-state index contributed by atoms with van der Waals surface area (Å²) in [6, 6.07) is 5.13. The standard InChI is InChI=1S/C6H5IN2O/c7-5-3-1-2-4(9-5)6(8)10/h1-3H,(H2,8,10). The Morgan fingerprint density at radius 2 is 2.30 bits per heavy atom. The lowest BCUT2D eigenvalue weighted by atomic mass is 10.3. The molecule has 0 spiro atoms. The molecule has 3 nitrogen and oxygen atoms in total. The number of pyridine rings is 1. The van der Waals surface area contributed by atoms with Crippen LogP contribution in [0.3, 0.4) is 0 Å². The van der Waals surface area contributed by atoms with Gasteiger partial charge in [0.2, 0.25) is 0 Å². The van der Waals surface area contributed by atoms with E-state index in [9.17, 15) is 4.79 Å². The van der Waals surface area contributed by atoms with Gasteiger partial charge in [-0.15, -0.1) is 0 Å². The molecule has 0 fully saturated rings. The zero-order valence-electron chi connectivity index (χ0n) is 5.04. The van der Waals surface area contributed by atoms with Crippen LogP contribution < -0.4 is 5.73 Å². The number of hydrogen-bond acceptors (Lipinski definition) is 2. The summed E-state index contributed by atoms with van der Waals surface area (Å²) in [7, 11) is 0. The summed E-state index contributed by atoms with van der Waals surface area (Å²) in [5.41, 5.74) is 5.29. The molecular weight excluding hydrogens is 243 g/mol. The van der Waals surface area contributed by atoms with Crippen molar-refractivity contribution >= 4 is 28.5 Å². The number of amides is 1. The maximum absolute atomic E-state index is 10.5. The highest BCUT2D eigenvalue weighted by Gasteiger charge is 1.99. The van der Waals surface area contributed by atoms with Gasteiger partial charge in [0.15, 0.2) is 0 Å². The Kier molecular flexibility index (Phi) is 2.21. The fourth-order valence-electron chi connectivity index (χ4n) is 0.545. The van der Waals surface area contributed by atoms with Crippen LogP contribution in [-0.2, 0) is 0 Å². The van der Waals surface area contributed by atoms with E-state index in [1.165, 1.54) is 0 Å². The zero-order chi connectivity index (χ0) is 7.56. The predicted octanol–water partition coefficient (Wildman–Crippen LogP) is 0.785. The number of nitrogens with zero attached hydrogens (tertiary/aromatic N) is 1. The average molecular weight is 248 g/mol. The third kappa shape index (κ3) is 1.66. The van der Waals surface area contributed by atoms with Gasteiger partial charge in [-0.1, -0.05) is 6.07 Å². The summed E-state index contributed by atoms with van der Waals surface area (Å²) in [5.74, 6) is -0.487. The molecule has 0 atom stereocenters. The highest BCUT2D eigenvalue weighted by molar-refractivity contribution is 14.1. The van der Waals surface area contributed by atoms with Gasteiger partial charge in [0.25, 0.3) is 5.91 Å². The predicted molar refractivity (Wildman–Crippen MR) is 45.5 cm³/mol. The van der Waals surface area contributed by atoms with Gasteiger partial charge in [0.1, 0.15) is 9.39 Å². The Morgan fingerprint density at radius 1 is 1.60 bits per heavy atom. The van der Waals surface area contributed by atoms with Crippen LogP contribution in [0.2, 0.25) is 0 Å². The van der Waals surface area contributed by atoms with Crippen LogP contribution >= 0.6 is 22.6 Å². The molecule has 52 valence electrons. The molecule has 0 radical (unpaired) electrons. The van der Waals surface area contributed by atoms with Gasteiger partial charge in [-0.25, -0.2) is 4.98 Å². The van der Waals surface area contributed by atoms with E-state index in [-0.39, 0.29) is 0 Å². The molecule has 0 aliphatic carbocycles. The largest absolute Gasteiger partial charge is 0.364 e. The molecule has 0 aromatic carbocycles. The summed E-state index contributed by atoms with van der Waals surface area (Å²) in [4.78, 5) is 14.4.